The van der Waals surface area contributed by atoms with Gasteiger partial charge in [0.1, 0.15) is 0 Å². The molecule has 0 bridgehead atoms. The Balaban J connectivity index is 2.33. The number of hydrogen-bond donors (Lipinski definition) is 1. The van der Waals surface area contributed by atoms with Crippen molar-refractivity contribution in [2.75, 3.05) is 17.7 Å². The first-order valence-corrected chi connectivity index (χ1v) is 6.37. The summed E-state index contributed by atoms with van der Waals surface area (Å²) in [6.07, 6.45) is 0. The molecule has 20 heavy (non-hydrogen) atoms. The van der Waals surface area contributed by atoms with Crippen molar-refractivity contribution in [1.82, 2.24) is 4.98 Å². The number of pyridine rings is 1. The fraction of sp³-hybridized carbons (Fsp3) is 0.214. The molecule has 0 aliphatic carbocycles. The second-order valence-corrected chi connectivity index (χ2v) is 4.94. The normalized spacial score (nSPS) is 12.2. The average molecular weight is 298 g/mol. The summed E-state index contributed by atoms with van der Waals surface area (Å²) in [5, 5.41) is 0.624. The van der Waals surface area contributed by atoms with Crippen molar-refractivity contribution in [2.45, 2.75) is 13.0 Å². The number of benzene rings is 1. The Kier molecular flexibility index (Phi) is 4.09. The molecule has 0 saturated heterocycles. The molecule has 0 aliphatic rings. The van der Waals surface area contributed by atoms with Gasteiger partial charge in [-0.2, -0.15) is 0 Å². The van der Waals surface area contributed by atoms with Crippen LogP contribution in [0.4, 0.5) is 20.4 Å². The van der Waals surface area contributed by atoms with Gasteiger partial charge in [0.05, 0.1) is 6.04 Å². The van der Waals surface area contributed by atoms with Gasteiger partial charge in [0.15, 0.2) is 23.3 Å². The Morgan fingerprint density at radius 1 is 1.20 bits per heavy atom. The van der Waals surface area contributed by atoms with Gasteiger partial charge in [0, 0.05) is 18.1 Å². The molecule has 0 amide bonds. The van der Waals surface area contributed by atoms with E-state index in [9.17, 15) is 8.78 Å². The van der Waals surface area contributed by atoms with Gasteiger partial charge in [-0.3, -0.25) is 0 Å². The third-order valence-electron chi connectivity index (χ3n) is 3.21. The zero-order valence-corrected chi connectivity index (χ0v) is 11.8. The van der Waals surface area contributed by atoms with E-state index in [-0.39, 0.29) is 17.7 Å². The number of nitrogens with two attached hydrogens (primary N) is 1. The summed E-state index contributed by atoms with van der Waals surface area (Å²) in [4.78, 5) is 5.36. The van der Waals surface area contributed by atoms with E-state index in [0.717, 1.165) is 11.6 Å². The summed E-state index contributed by atoms with van der Waals surface area (Å²) in [7, 11) is 1.67. The monoisotopic (exact) mass is 297 g/mol. The van der Waals surface area contributed by atoms with Gasteiger partial charge in [-0.1, -0.05) is 23.7 Å². The lowest BCUT2D eigenvalue weighted by Gasteiger charge is -2.27. The lowest BCUT2D eigenvalue weighted by Crippen LogP contribution is -2.24. The number of nitrogen functional groups attached to an aromatic ring is 1. The van der Waals surface area contributed by atoms with Gasteiger partial charge >= 0.3 is 0 Å². The summed E-state index contributed by atoms with van der Waals surface area (Å²) in [6, 6.07) is 7.76. The van der Waals surface area contributed by atoms with Gasteiger partial charge in [0.2, 0.25) is 0 Å². The summed E-state index contributed by atoms with van der Waals surface area (Å²) in [6.45, 7) is 1.88. The average Bonchev–Trinajstić information content (AvgIpc) is 2.42. The van der Waals surface area contributed by atoms with Crippen LogP contribution >= 0.6 is 11.6 Å². The summed E-state index contributed by atoms with van der Waals surface area (Å²) in [5.41, 5.74) is 6.32. The van der Waals surface area contributed by atoms with E-state index in [2.05, 4.69) is 4.98 Å². The summed E-state index contributed by atoms with van der Waals surface area (Å²) >= 11 is 5.83. The first-order chi connectivity index (χ1) is 9.40. The Hall–Kier alpha value is -1.88. The van der Waals surface area contributed by atoms with Crippen LogP contribution in [0.1, 0.15) is 18.5 Å². The molecule has 0 aliphatic heterocycles. The highest BCUT2D eigenvalue weighted by Crippen LogP contribution is 2.28. The third kappa shape index (κ3) is 2.82. The molecule has 0 radical (unpaired) electrons. The summed E-state index contributed by atoms with van der Waals surface area (Å²) in [5.74, 6) is -1.93. The van der Waals surface area contributed by atoms with Crippen LogP contribution in [0.2, 0.25) is 5.02 Å². The predicted molar refractivity (Wildman–Crippen MR) is 76.8 cm³/mol. The number of halogens is 3. The second-order valence-electron chi connectivity index (χ2n) is 4.50. The zero-order chi connectivity index (χ0) is 14.9. The van der Waals surface area contributed by atoms with E-state index < -0.39 is 11.6 Å². The van der Waals surface area contributed by atoms with Crippen LogP contribution in [0.25, 0.3) is 0 Å². The number of hydrogen-bond acceptors (Lipinski definition) is 3. The maximum absolute atomic E-state index is 13.8. The van der Waals surface area contributed by atoms with Crippen molar-refractivity contribution >= 4 is 23.2 Å². The number of aromatic nitrogens is 1. The van der Waals surface area contributed by atoms with Gasteiger partial charge in [-0.05, 0) is 24.6 Å². The maximum atomic E-state index is 13.8. The molecule has 0 spiro atoms. The highest BCUT2D eigenvalue weighted by atomic mass is 35.5. The second kappa shape index (κ2) is 5.63. The molecule has 3 nitrogen and oxygen atoms in total. The number of anilines is 2. The van der Waals surface area contributed by atoms with Gasteiger partial charge in [0.25, 0.3) is 0 Å². The Bertz CT molecular complexity index is 617. The fourth-order valence-electron chi connectivity index (χ4n) is 1.87. The van der Waals surface area contributed by atoms with E-state index in [1.165, 1.54) is 0 Å². The van der Waals surface area contributed by atoms with Crippen LogP contribution in [0.5, 0.6) is 0 Å². The molecular formula is C14H14ClF2N3. The highest BCUT2D eigenvalue weighted by molar-refractivity contribution is 6.30. The molecule has 6 heteroatoms. The van der Waals surface area contributed by atoms with Crippen molar-refractivity contribution in [3.63, 3.8) is 0 Å². The topological polar surface area (TPSA) is 42.2 Å². The standard InChI is InChI=1S/C14H14ClF2N3/c1-8(9-3-5-10(15)6-4-9)20(2)14-12(17)7-11(16)13(18)19-14/h3-8H,1-2H3,(H2,18,19). The molecule has 106 valence electrons. The molecule has 1 aromatic heterocycles. The smallest absolute Gasteiger partial charge is 0.168 e. The number of rotatable bonds is 3. The minimum atomic E-state index is -0.862. The van der Waals surface area contributed by atoms with Crippen LogP contribution in [0.15, 0.2) is 30.3 Å². The first-order valence-electron chi connectivity index (χ1n) is 6.00. The van der Waals surface area contributed by atoms with Crippen molar-refractivity contribution < 1.29 is 8.78 Å². The van der Waals surface area contributed by atoms with Crippen LogP contribution < -0.4 is 10.6 Å². The van der Waals surface area contributed by atoms with Gasteiger partial charge in [-0.15, -0.1) is 0 Å². The van der Waals surface area contributed by atoms with E-state index in [4.69, 9.17) is 17.3 Å². The summed E-state index contributed by atoms with van der Waals surface area (Å²) < 4.78 is 26.9. The van der Waals surface area contributed by atoms with Crippen LogP contribution in [0, 0.1) is 11.6 Å². The van der Waals surface area contributed by atoms with E-state index in [0.29, 0.717) is 5.02 Å². The Morgan fingerprint density at radius 2 is 1.80 bits per heavy atom. The van der Waals surface area contributed by atoms with E-state index >= 15 is 0 Å². The molecule has 1 aromatic carbocycles. The predicted octanol–water partition coefficient (Wildman–Crippen LogP) is 3.79. The lowest BCUT2D eigenvalue weighted by molar-refractivity contribution is 0.567. The SMILES string of the molecule is CC(c1ccc(Cl)cc1)N(C)c1nc(N)c(F)cc1F. The molecule has 0 saturated carbocycles. The van der Waals surface area contributed by atoms with E-state index in [1.807, 2.05) is 19.1 Å². The third-order valence-corrected chi connectivity index (χ3v) is 3.46. The lowest BCUT2D eigenvalue weighted by atomic mass is 10.1. The maximum Gasteiger partial charge on any atom is 0.168 e. The molecule has 2 rings (SSSR count). The largest absolute Gasteiger partial charge is 0.381 e. The number of nitrogens with zero attached hydrogens (tertiary/aromatic N) is 2. The van der Waals surface area contributed by atoms with Gasteiger partial charge in [-0.25, -0.2) is 13.8 Å². The van der Waals surface area contributed by atoms with Crippen LogP contribution in [-0.4, -0.2) is 12.0 Å². The van der Waals surface area contributed by atoms with Crippen molar-refractivity contribution in [2.24, 2.45) is 0 Å². The van der Waals surface area contributed by atoms with Crippen LogP contribution in [0.3, 0.4) is 0 Å². The zero-order valence-electron chi connectivity index (χ0n) is 11.1. The molecule has 2 N–H and O–H groups in total. The van der Waals surface area contributed by atoms with Crippen molar-refractivity contribution in [1.29, 1.82) is 0 Å². The van der Waals surface area contributed by atoms with Crippen molar-refractivity contribution in [3.8, 4) is 0 Å². The minimum Gasteiger partial charge on any atom is -0.381 e. The van der Waals surface area contributed by atoms with E-state index in [1.54, 1.807) is 24.1 Å². The Morgan fingerprint density at radius 3 is 2.40 bits per heavy atom. The molecule has 1 heterocycles. The molecule has 0 fully saturated rings. The molecule has 1 atom stereocenters. The molecular weight excluding hydrogens is 284 g/mol. The fourth-order valence-corrected chi connectivity index (χ4v) is 1.99. The van der Waals surface area contributed by atoms with Crippen LogP contribution in [-0.2, 0) is 0 Å². The Labute approximate surface area is 121 Å². The quantitative estimate of drug-likeness (QED) is 0.937. The first kappa shape index (κ1) is 14.5. The van der Waals surface area contributed by atoms with Gasteiger partial charge < -0.3 is 10.6 Å². The minimum absolute atomic E-state index is 0.00588. The highest BCUT2D eigenvalue weighted by Gasteiger charge is 2.19. The molecule has 1 unspecified atom stereocenters. The van der Waals surface area contributed by atoms with Crippen molar-refractivity contribution in [3.05, 3.63) is 52.6 Å². The molecule has 2 aromatic rings.